The summed E-state index contributed by atoms with van der Waals surface area (Å²) in [6.45, 7) is 1.84. The van der Waals surface area contributed by atoms with Crippen LogP contribution in [0.3, 0.4) is 0 Å². The molecule has 0 fully saturated rings. The van der Waals surface area contributed by atoms with E-state index in [0.717, 1.165) is 10.9 Å². The highest BCUT2D eigenvalue weighted by Gasteiger charge is 2.18. The zero-order valence-electron chi connectivity index (χ0n) is 19.2. The molecule has 4 rings (SSSR count). The predicted molar refractivity (Wildman–Crippen MR) is 129 cm³/mol. The van der Waals surface area contributed by atoms with Gasteiger partial charge in [-0.05, 0) is 55.0 Å². The smallest absolute Gasteiger partial charge is 0.291 e. The van der Waals surface area contributed by atoms with Gasteiger partial charge in [0.25, 0.3) is 11.8 Å². The van der Waals surface area contributed by atoms with Gasteiger partial charge in [0.05, 0.1) is 21.3 Å². The largest absolute Gasteiger partial charge is 0.493 e. The molecule has 1 heterocycles. The SMILES string of the molecule is COc1cc(C(=O)Nc2ccc(NC(=O)c3cc4ccccc4o3)c(C)c2)cc(OC)c1OC. The van der Waals surface area contributed by atoms with Gasteiger partial charge < -0.3 is 29.3 Å². The quantitative estimate of drug-likeness (QED) is 0.390. The van der Waals surface area contributed by atoms with E-state index in [1.54, 1.807) is 36.4 Å². The van der Waals surface area contributed by atoms with Gasteiger partial charge in [0.1, 0.15) is 5.58 Å². The zero-order valence-corrected chi connectivity index (χ0v) is 19.2. The van der Waals surface area contributed by atoms with Crippen LogP contribution in [0.15, 0.2) is 65.1 Å². The summed E-state index contributed by atoms with van der Waals surface area (Å²) in [5.41, 5.74) is 2.94. The van der Waals surface area contributed by atoms with E-state index in [0.29, 0.717) is 39.8 Å². The Morgan fingerprint density at radius 2 is 1.50 bits per heavy atom. The van der Waals surface area contributed by atoms with Gasteiger partial charge in [0, 0.05) is 22.3 Å². The number of carbonyl (C=O) groups excluding carboxylic acids is 2. The van der Waals surface area contributed by atoms with E-state index in [1.165, 1.54) is 21.3 Å². The van der Waals surface area contributed by atoms with Gasteiger partial charge in [0.2, 0.25) is 5.75 Å². The van der Waals surface area contributed by atoms with Crippen LogP contribution in [-0.2, 0) is 0 Å². The number of anilines is 2. The molecular weight excluding hydrogens is 436 g/mol. The van der Waals surface area contributed by atoms with Crippen LogP contribution < -0.4 is 24.8 Å². The monoisotopic (exact) mass is 460 g/mol. The number of rotatable bonds is 7. The van der Waals surface area contributed by atoms with Crippen LogP contribution in [0.25, 0.3) is 11.0 Å². The van der Waals surface area contributed by atoms with Gasteiger partial charge in [-0.15, -0.1) is 0 Å². The van der Waals surface area contributed by atoms with Crippen molar-refractivity contribution in [3.63, 3.8) is 0 Å². The fourth-order valence-electron chi connectivity index (χ4n) is 3.57. The van der Waals surface area contributed by atoms with Crippen molar-refractivity contribution < 1.29 is 28.2 Å². The number of amides is 2. The lowest BCUT2D eigenvalue weighted by molar-refractivity contribution is 0.0996. The maximum atomic E-state index is 12.8. The fourth-order valence-corrected chi connectivity index (χ4v) is 3.57. The van der Waals surface area contributed by atoms with Crippen molar-refractivity contribution in [2.24, 2.45) is 0 Å². The highest BCUT2D eigenvalue weighted by Crippen LogP contribution is 2.38. The van der Waals surface area contributed by atoms with Gasteiger partial charge in [-0.1, -0.05) is 18.2 Å². The number of carbonyl (C=O) groups is 2. The molecule has 0 radical (unpaired) electrons. The summed E-state index contributed by atoms with van der Waals surface area (Å²) in [5.74, 6) is 0.687. The van der Waals surface area contributed by atoms with Crippen LogP contribution in [0.5, 0.6) is 17.2 Å². The van der Waals surface area contributed by atoms with Crippen LogP contribution in [0.2, 0.25) is 0 Å². The molecule has 0 atom stereocenters. The molecule has 0 bridgehead atoms. The molecule has 0 unspecified atom stereocenters. The van der Waals surface area contributed by atoms with Gasteiger partial charge in [-0.3, -0.25) is 9.59 Å². The Morgan fingerprint density at radius 3 is 2.12 bits per heavy atom. The molecule has 1 aromatic heterocycles. The number of fused-ring (bicyclic) bond motifs is 1. The second-order valence-corrected chi connectivity index (χ2v) is 7.50. The van der Waals surface area contributed by atoms with Crippen molar-refractivity contribution in [2.75, 3.05) is 32.0 Å². The van der Waals surface area contributed by atoms with E-state index in [-0.39, 0.29) is 17.6 Å². The molecule has 8 nitrogen and oxygen atoms in total. The first-order chi connectivity index (χ1) is 16.4. The second-order valence-electron chi connectivity index (χ2n) is 7.50. The van der Waals surface area contributed by atoms with Crippen LogP contribution in [-0.4, -0.2) is 33.1 Å². The van der Waals surface area contributed by atoms with Crippen molar-refractivity contribution in [3.8, 4) is 17.2 Å². The van der Waals surface area contributed by atoms with E-state index < -0.39 is 0 Å². The summed E-state index contributed by atoms with van der Waals surface area (Å²) >= 11 is 0. The molecule has 2 N–H and O–H groups in total. The van der Waals surface area contributed by atoms with E-state index in [4.69, 9.17) is 18.6 Å². The number of hydrogen-bond acceptors (Lipinski definition) is 6. The number of hydrogen-bond donors (Lipinski definition) is 2. The number of benzene rings is 3. The van der Waals surface area contributed by atoms with Crippen LogP contribution in [0.1, 0.15) is 26.5 Å². The maximum Gasteiger partial charge on any atom is 0.291 e. The first-order valence-corrected chi connectivity index (χ1v) is 10.5. The number of aryl methyl sites for hydroxylation is 1. The third-order valence-corrected chi connectivity index (χ3v) is 5.31. The minimum atomic E-state index is -0.353. The van der Waals surface area contributed by atoms with Crippen molar-refractivity contribution >= 4 is 34.2 Å². The Labute approximate surface area is 196 Å². The first kappa shape index (κ1) is 22.7. The minimum absolute atomic E-state index is 0.223. The number of furan rings is 1. The zero-order chi connectivity index (χ0) is 24.2. The number of methoxy groups -OCH3 is 3. The topological polar surface area (TPSA) is 99.0 Å². The molecule has 0 spiro atoms. The molecule has 0 aliphatic rings. The van der Waals surface area contributed by atoms with Gasteiger partial charge in [0.15, 0.2) is 17.3 Å². The summed E-state index contributed by atoms with van der Waals surface area (Å²) in [6.07, 6.45) is 0. The first-order valence-electron chi connectivity index (χ1n) is 10.5. The molecule has 0 saturated heterocycles. The normalized spacial score (nSPS) is 10.6. The predicted octanol–water partition coefficient (Wildman–Crippen LogP) is 5.27. The number of nitrogens with one attached hydrogen (secondary N) is 2. The highest BCUT2D eigenvalue weighted by atomic mass is 16.5. The minimum Gasteiger partial charge on any atom is -0.493 e. The third-order valence-electron chi connectivity index (χ3n) is 5.31. The Kier molecular flexibility index (Phi) is 6.40. The molecule has 4 aromatic rings. The molecular formula is C26H24N2O6. The van der Waals surface area contributed by atoms with E-state index >= 15 is 0 Å². The summed E-state index contributed by atoms with van der Waals surface area (Å²) in [4.78, 5) is 25.5. The lowest BCUT2D eigenvalue weighted by Gasteiger charge is -2.14. The summed E-state index contributed by atoms with van der Waals surface area (Å²) in [7, 11) is 4.47. The molecule has 0 saturated carbocycles. The van der Waals surface area contributed by atoms with Crippen molar-refractivity contribution in [1.29, 1.82) is 0 Å². The standard InChI is InChI=1S/C26H24N2O6/c1-15-11-18(27-25(29)17-13-21(31-2)24(33-4)22(14-17)32-3)9-10-19(15)28-26(30)23-12-16-7-5-6-8-20(16)34-23/h5-14H,1-4H3,(H,27,29)(H,28,30). The average Bonchev–Trinajstić information content (AvgIpc) is 3.29. The average molecular weight is 460 g/mol. The maximum absolute atomic E-state index is 12.8. The Bertz CT molecular complexity index is 1320. The molecule has 2 amide bonds. The molecule has 3 aromatic carbocycles. The van der Waals surface area contributed by atoms with Gasteiger partial charge in [-0.2, -0.15) is 0 Å². The van der Waals surface area contributed by atoms with E-state index in [1.807, 2.05) is 31.2 Å². The summed E-state index contributed by atoms with van der Waals surface area (Å²) < 4.78 is 21.5. The lowest BCUT2D eigenvalue weighted by Crippen LogP contribution is -2.14. The van der Waals surface area contributed by atoms with Gasteiger partial charge in [-0.25, -0.2) is 0 Å². The summed E-state index contributed by atoms with van der Waals surface area (Å²) in [6, 6.07) is 17.5. The third kappa shape index (κ3) is 4.52. The van der Waals surface area contributed by atoms with Crippen LogP contribution in [0.4, 0.5) is 11.4 Å². The van der Waals surface area contributed by atoms with Crippen LogP contribution in [0, 0.1) is 6.92 Å². The van der Waals surface area contributed by atoms with Crippen LogP contribution >= 0.6 is 0 Å². The van der Waals surface area contributed by atoms with Crippen molar-refractivity contribution in [1.82, 2.24) is 0 Å². The number of para-hydroxylation sites is 1. The Balaban J connectivity index is 1.50. The molecule has 8 heteroatoms. The molecule has 34 heavy (non-hydrogen) atoms. The van der Waals surface area contributed by atoms with E-state index in [9.17, 15) is 9.59 Å². The highest BCUT2D eigenvalue weighted by molar-refractivity contribution is 6.06. The Hall–Kier alpha value is -4.46. The summed E-state index contributed by atoms with van der Waals surface area (Å²) in [5, 5.41) is 6.55. The fraction of sp³-hybridized carbons (Fsp3) is 0.154. The second kappa shape index (κ2) is 9.58. The van der Waals surface area contributed by atoms with Crippen molar-refractivity contribution in [3.05, 3.63) is 77.6 Å². The number of ether oxygens (including phenoxy) is 3. The lowest BCUT2D eigenvalue weighted by atomic mass is 10.1. The van der Waals surface area contributed by atoms with E-state index in [2.05, 4.69) is 10.6 Å². The van der Waals surface area contributed by atoms with Crippen molar-refractivity contribution in [2.45, 2.75) is 6.92 Å². The molecule has 174 valence electrons. The van der Waals surface area contributed by atoms with Gasteiger partial charge >= 0.3 is 0 Å². The Morgan fingerprint density at radius 1 is 0.794 bits per heavy atom. The molecule has 0 aliphatic carbocycles. The molecule has 0 aliphatic heterocycles.